The van der Waals surface area contributed by atoms with E-state index in [9.17, 15) is 18.0 Å². The lowest BCUT2D eigenvalue weighted by atomic mass is 9.88. The van der Waals surface area contributed by atoms with Crippen molar-refractivity contribution in [2.75, 3.05) is 0 Å². The predicted molar refractivity (Wildman–Crippen MR) is 89.4 cm³/mol. The molecule has 0 fully saturated rings. The van der Waals surface area contributed by atoms with Gasteiger partial charge in [-0.3, -0.25) is 0 Å². The minimum Gasteiger partial charge on any atom is -0.472 e. The van der Waals surface area contributed by atoms with Crippen molar-refractivity contribution >= 4 is 29.5 Å². The van der Waals surface area contributed by atoms with Crippen molar-refractivity contribution in [1.29, 1.82) is 0 Å². The van der Waals surface area contributed by atoms with Gasteiger partial charge < -0.3 is 9.53 Å². The van der Waals surface area contributed by atoms with E-state index in [4.69, 9.17) is 27.9 Å². The molecule has 0 bridgehead atoms. The Kier molecular flexibility index (Phi) is 4.73. The van der Waals surface area contributed by atoms with Gasteiger partial charge in [-0.05, 0) is 41.8 Å². The van der Waals surface area contributed by atoms with Crippen LogP contribution in [0.25, 0.3) is 0 Å². The second kappa shape index (κ2) is 6.54. The van der Waals surface area contributed by atoms with E-state index in [0.717, 1.165) is 11.8 Å². The molecule has 1 atom stereocenters. The molecule has 1 unspecified atom stereocenters. The lowest BCUT2D eigenvalue weighted by Gasteiger charge is -2.31. The summed E-state index contributed by atoms with van der Waals surface area (Å²) in [6.45, 7) is 0. The molecule has 0 saturated carbocycles. The Morgan fingerprint density at radius 2 is 1.80 bits per heavy atom. The van der Waals surface area contributed by atoms with Gasteiger partial charge in [-0.2, -0.15) is 13.2 Å². The van der Waals surface area contributed by atoms with E-state index in [0.29, 0.717) is 18.4 Å². The van der Waals surface area contributed by atoms with Crippen LogP contribution >= 0.6 is 23.2 Å². The second-order valence-electron chi connectivity index (χ2n) is 5.91. The first-order valence-electron chi connectivity index (χ1n) is 7.53. The highest BCUT2D eigenvalue weighted by atomic mass is 35.5. The summed E-state index contributed by atoms with van der Waals surface area (Å²) < 4.78 is 47.3. The Labute approximate surface area is 152 Å². The van der Waals surface area contributed by atoms with Crippen molar-refractivity contribution < 1.29 is 22.7 Å². The molecule has 0 amide bonds. The molecule has 1 heterocycles. The maximum atomic E-state index is 14.0. The first kappa shape index (κ1) is 18.1. The molecule has 132 valence electrons. The molecule has 1 aliphatic rings. The normalized spacial score (nSPS) is 19.4. The van der Waals surface area contributed by atoms with Crippen LogP contribution in [0.3, 0.4) is 0 Å². The highest BCUT2D eigenvalue weighted by molar-refractivity contribution is 6.34. The molecule has 2 aromatic rings. The summed E-state index contributed by atoms with van der Waals surface area (Å²) in [5.41, 5.74) is -1.44. The molecule has 2 aromatic carbocycles. The van der Waals surface area contributed by atoms with Crippen LogP contribution in [-0.4, -0.2) is 12.5 Å². The summed E-state index contributed by atoms with van der Waals surface area (Å²) in [4.78, 5) is 10.5. The van der Waals surface area contributed by atoms with Crippen molar-refractivity contribution in [3.63, 3.8) is 0 Å². The summed E-state index contributed by atoms with van der Waals surface area (Å²) in [5.74, 6) is 0.170. The maximum Gasteiger partial charge on any atom is 0.432 e. The highest BCUT2D eigenvalue weighted by Crippen LogP contribution is 2.51. The zero-order chi connectivity index (χ0) is 18.2. The summed E-state index contributed by atoms with van der Waals surface area (Å²) >= 11 is 11.8. The van der Waals surface area contributed by atoms with E-state index in [1.54, 1.807) is 12.1 Å². The number of benzene rings is 2. The molecule has 1 aliphatic heterocycles. The number of rotatable bonds is 4. The molecular weight excluding hydrogens is 376 g/mol. The zero-order valence-electron chi connectivity index (χ0n) is 12.9. The molecule has 0 saturated heterocycles. The van der Waals surface area contributed by atoms with Crippen molar-refractivity contribution in [1.82, 2.24) is 0 Å². The number of hydrogen-bond acceptors (Lipinski definition) is 2. The van der Waals surface area contributed by atoms with Crippen LogP contribution in [-0.2, 0) is 23.2 Å². The number of halogens is 5. The third-order valence-electron chi connectivity index (χ3n) is 4.19. The van der Waals surface area contributed by atoms with Crippen LogP contribution in [0.4, 0.5) is 13.2 Å². The van der Waals surface area contributed by atoms with E-state index in [2.05, 4.69) is 0 Å². The Morgan fingerprint density at radius 3 is 2.40 bits per heavy atom. The molecule has 7 heteroatoms. The van der Waals surface area contributed by atoms with Crippen molar-refractivity contribution in [2.24, 2.45) is 0 Å². The fourth-order valence-corrected chi connectivity index (χ4v) is 3.54. The Bertz CT molecular complexity index is 800. The van der Waals surface area contributed by atoms with E-state index in [1.807, 2.05) is 0 Å². The number of ether oxygens (including phenoxy) is 1. The van der Waals surface area contributed by atoms with Gasteiger partial charge in [0, 0.05) is 28.5 Å². The molecule has 0 spiro atoms. The summed E-state index contributed by atoms with van der Waals surface area (Å²) in [6.07, 6.45) is -3.48. The molecule has 0 aromatic heterocycles. The van der Waals surface area contributed by atoms with Crippen molar-refractivity contribution in [3.8, 4) is 5.75 Å². The third-order valence-corrected chi connectivity index (χ3v) is 4.62. The number of fused-ring (bicyclic) bond motifs is 1. The summed E-state index contributed by atoms with van der Waals surface area (Å²) in [7, 11) is 0. The van der Waals surface area contributed by atoms with Crippen LogP contribution in [0.5, 0.6) is 5.75 Å². The van der Waals surface area contributed by atoms with Gasteiger partial charge in [0.15, 0.2) is 0 Å². The molecule has 2 nitrogen and oxygen atoms in total. The lowest BCUT2D eigenvalue weighted by molar-refractivity contribution is -0.248. The molecule has 0 N–H and O–H groups in total. The quantitative estimate of drug-likeness (QED) is 0.644. The number of alkyl halides is 3. The molecule has 0 aliphatic carbocycles. The van der Waals surface area contributed by atoms with Gasteiger partial charge in [0.2, 0.25) is 5.60 Å². The van der Waals surface area contributed by atoms with Gasteiger partial charge in [0.25, 0.3) is 0 Å². The van der Waals surface area contributed by atoms with Crippen LogP contribution in [0, 0.1) is 0 Å². The van der Waals surface area contributed by atoms with Crippen molar-refractivity contribution in [2.45, 2.75) is 31.0 Å². The van der Waals surface area contributed by atoms with Crippen molar-refractivity contribution in [3.05, 3.63) is 63.1 Å². The summed E-state index contributed by atoms with van der Waals surface area (Å²) in [6, 6.07) is 8.64. The van der Waals surface area contributed by atoms with Crippen LogP contribution < -0.4 is 4.74 Å². The van der Waals surface area contributed by atoms with E-state index >= 15 is 0 Å². The number of aldehydes is 1. The van der Waals surface area contributed by atoms with Gasteiger partial charge >= 0.3 is 6.18 Å². The van der Waals surface area contributed by atoms with Crippen LogP contribution in [0.15, 0.2) is 36.4 Å². The number of hydrogen-bond donors (Lipinski definition) is 0. The number of carbonyl (C=O) groups is 1. The fourth-order valence-electron chi connectivity index (χ4n) is 3.01. The Hall–Kier alpha value is -1.72. The second-order valence-corrected chi connectivity index (χ2v) is 6.78. The monoisotopic (exact) mass is 388 g/mol. The molecule has 25 heavy (non-hydrogen) atoms. The van der Waals surface area contributed by atoms with Crippen LogP contribution in [0.2, 0.25) is 10.0 Å². The topological polar surface area (TPSA) is 26.3 Å². The number of aryl methyl sites for hydroxylation is 1. The largest absolute Gasteiger partial charge is 0.472 e. The zero-order valence-corrected chi connectivity index (χ0v) is 14.4. The van der Waals surface area contributed by atoms with E-state index < -0.39 is 11.8 Å². The fraction of sp³-hybridized carbons (Fsp3) is 0.278. The minimum absolute atomic E-state index is 0.109. The van der Waals surface area contributed by atoms with Crippen LogP contribution in [0.1, 0.15) is 23.1 Å². The smallest absolute Gasteiger partial charge is 0.432 e. The average Bonchev–Trinajstić information content (AvgIpc) is 2.92. The van der Waals surface area contributed by atoms with Gasteiger partial charge in [-0.1, -0.05) is 35.3 Å². The van der Waals surface area contributed by atoms with Gasteiger partial charge in [-0.15, -0.1) is 0 Å². The standard InChI is InChI=1S/C18H13Cl2F3O2/c19-14-7-13(8-15(20)9-14)17(18(21,22)23)10-12-6-11(2-1-5-24)3-4-16(12)25-17/h3-9H,1-2,10H2. The lowest BCUT2D eigenvalue weighted by Crippen LogP contribution is -2.46. The van der Waals surface area contributed by atoms with E-state index in [-0.39, 0.29) is 27.8 Å². The SMILES string of the molecule is O=CCCc1ccc2c(c1)CC(c1cc(Cl)cc(Cl)c1)(C(F)(F)F)O2. The average molecular weight is 389 g/mol. The Morgan fingerprint density at radius 1 is 1.12 bits per heavy atom. The summed E-state index contributed by atoms with van der Waals surface area (Å²) in [5, 5.41) is 0.217. The van der Waals surface area contributed by atoms with E-state index in [1.165, 1.54) is 24.3 Å². The van der Waals surface area contributed by atoms with Gasteiger partial charge in [0.05, 0.1) is 0 Å². The predicted octanol–water partition coefficient (Wildman–Crippen LogP) is 5.52. The number of carbonyl (C=O) groups excluding carboxylic acids is 1. The first-order valence-corrected chi connectivity index (χ1v) is 8.28. The first-order chi connectivity index (χ1) is 11.7. The molecule has 3 rings (SSSR count). The molecular formula is C18H13Cl2F3O2. The van der Waals surface area contributed by atoms with Gasteiger partial charge in [0.1, 0.15) is 12.0 Å². The Balaban J connectivity index is 2.05. The molecule has 0 radical (unpaired) electrons. The third kappa shape index (κ3) is 3.35. The van der Waals surface area contributed by atoms with Gasteiger partial charge in [-0.25, -0.2) is 0 Å². The minimum atomic E-state index is -4.66. The highest BCUT2D eigenvalue weighted by Gasteiger charge is 2.61. The maximum absolute atomic E-state index is 14.0.